The van der Waals surface area contributed by atoms with E-state index in [1.54, 1.807) is 6.07 Å². The van der Waals surface area contributed by atoms with Crippen LogP contribution < -0.4 is 5.32 Å². The van der Waals surface area contributed by atoms with Crippen molar-refractivity contribution in [3.63, 3.8) is 0 Å². The third kappa shape index (κ3) is 2.79. The SMILES string of the molecule is CC(C)(C(=O)Nc1cc(-c2cccs2)no1)S(=O)(=O)N1CCC1. The number of hydrogen-bond acceptors (Lipinski definition) is 6. The van der Waals surface area contributed by atoms with Gasteiger partial charge in [0.05, 0.1) is 4.88 Å². The number of hydrogen-bond donors (Lipinski definition) is 1. The minimum atomic E-state index is -3.70. The van der Waals surface area contributed by atoms with Crippen molar-refractivity contribution in [2.75, 3.05) is 18.4 Å². The number of nitrogens with one attached hydrogen (secondary N) is 1. The maximum Gasteiger partial charge on any atom is 0.249 e. The fraction of sp³-hybridized carbons (Fsp3) is 0.429. The Balaban J connectivity index is 1.76. The van der Waals surface area contributed by atoms with Gasteiger partial charge in [0.2, 0.25) is 21.8 Å². The van der Waals surface area contributed by atoms with E-state index in [2.05, 4.69) is 10.5 Å². The van der Waals surface area contributed by atoms with E-state index >= 15 is 0 Å². The van der Waals surface area contributed by atoms with Crippen LogP contribution in [0.15, 0.2) is 28.1 Å². The molecule has 1 N–H and O–H groups in total. The number of amides is 1. The smallest absolute Gasteiger partial charge is 0.249 e. The van der Waals surface area contributed by atoms with Crippen molar-refractivity contribution in [2.24, 2.45) is 0 Å². The largest absolute Gasteiger partial charge is 0.338 e. The van der Waals surface area contributed by atoms with Gasteiger partial charge in [-0.15, -0.1) is 11.3 Å². The first-order valence-electron chi connectivity index (χ1n) is 7.14. The number of anilines is 1. The Labute approximate surface area is 138 Å². The molecule has 0 saturated carbocycles. The van der Waals surface area contributed by atoms with Crippen LogP contribution in [0.4, 0.5) is 5.88 Å². The van der Waals surface area contributed by atoms with E-state index in [-0.39, 0.29) is 5.88 Å². The first kappa shape index (κ1) is 16.2. The second-order valence-corrected chi connectivity index (χ2v) is 9.21. The Morgan fingerprint density at radius 3 is 2.74 bits per heavy atom. The highest BCUT2D eigenvalue weighted by Crippen LogP contribution is 2.29. The topological polar surface area (TPSA) is 92.5 Å². The molecule has 0 aliphatic carbocycles. The zero-order valence-corrected chi connectivity index (χ0v) is 14.4. The number of thiophene rings is 1. The van der Waals surface area contributed by atoms with Crippen LogP contribution in [0.25, 0.3) is 10.6 Å². The summed E-state index contributed by atoms with van der Waals surface area (Å²) in [6.45, 7) is 3.72. The summed E-state index contributed by atoms with van der Waals surface area (Å²) in [5.74, 6) is -0.511. The van der Waals surface area contributed by atoms with Crippen LogP contribution in [0.5, 0.6) is 0 Å². The molecule has 1 aliphatic heterocycles. The van der Waals surface area contributed by atoms with Gasteiger partial charge in [0.1, 0.15) is 5.69 Å². The molecule has 2 aromatic rings. The molecule has 0 unspecified atom stereocenters. The van der Waals surface area contributed by atoms with E-state index < -0.39 is 20.7 Å². The van der Waals surface area contributed by atoms with E-state index in [1.165, 1.54) is 29.5 Å². The Kier molecular flexibility index (Phi) is 4.03. The van der Waals surface area contributed by atoms with E-state index in [1.807, 2.05) is 17.5 Å². The van der Waals surface area contributed by atoms with E-state index in [0.29, 0.717) is 18.8 Å². The van der Waals surface area contributed by atoms with Crippen molar-refractivity contribution < 1.29 is 17.7 Å². The monoisotopic (exact) mass is 355 g/mol. The van der Waals surface area contributed by atoms with Gasteiger partial charge in [0, 0.05) is 19.2 Å². The molecule has 3 heterocycles. The minimum absolute atomic E-state index is 0.130. The lowest BCUT2D eigenvalue weighted by molar-refractivity contribution is -0.118. The van der Waals surface area contributed by atoms with Gasteiger partial charge in [0.25, 0.3) is 0 Å². The molecule has 3 rings (SSSR count). The molecular formula is C14H17N3O4S2. The summed E-state index contributed by atoms with van der Waals surface area (Å²) in [6, 6.07) is 5.35. The fourth-order valence-corrected chi connectivity index (χ4v) is 4.45. The Bertz CT molecular complexity index is 805. The predicted octanol–water partition coefficient (Wildman–Crippen LogP) is 2.16. The van der Waals surface area contributed by atoms with E-state index in [0.717, 1.165) is 11.3 Å². The minimum Gasteiger partial charge on any atom is -0.338 e. The maximum atomic E-state index is 12.5. The van der Waals surface area contributed by atoms with Crippen molar-refractivity contribution in [1.82, 2.24) is 9.46 Å². The van der Waals surface area contributed by atoms with Crippen LogP contribution >= 0.6 is 11.3 Å². The van der Waals surface area contributed by atoms with Gasteiger partial charge in [-0.25, -0.2) is 12.7 Å². The Morgan fingerprint density at radius 2 is 2.17 bits per heavy atom. The van der Waals surface area contributed by atoms with Gasteiger partial charge in [-0.3, -0.25) is 10.1 Å². The number of sulfonamides is 1. The average Bonchev–Trinajstić information content (AvgIpc) is 3.05. The van der Waals surface area contributed by atoms with Crippen molar-refractivity contribution in [2.45, 2.75) is 25.0 Å². The van der Waals surface area contributed by atoms with Gasteiger partial charge in [-0.05, 0) is 31.7 Å². The van der Waals surface area contributed by atoms with E-state index in [9.17, 15) is 13.2 Å². The van der Waals surface area contributed by atoms with Gasteiger partial charge in [-0.1, -0.05) is 11.2 Å². The summed E-state index contributed by atoms with van der Waals surface area (Å²) in [5.41, 5.74) is 0.596. The molecule has 1 fully saturated rings. The van der Waals surface area contributed by atoms with Crippen LogP contribution in [-0.4, -0.2) is 41.6 Å². The molecule has 1 saturated heterocycles. The summed E-state index contributed by atoms with van der Waals surface area (Å²) in [6.07, 6.45) is 0.823. The zero-order chi connectivity index (χ0) is 16.7. The Morgan fingerprint density at radius 1 is 1.43 bits per heavy atom. The van der Waals surface area contributed by atoms with Crippen LogP contribution in [0.2, 0.25) is 0 Å². The fourth-order valence-electron chi connectivity index (χ4n) is 2.10. The average molecular weight is 355 g/mol. The van der Waals surface area contributed by atoms with Crippen LogP contribution in [0.3, 0.4) is 0 Å². The molecule has 1 amide bonds. The number of carbonyl (C=O) groups is 1. The van der Waals surface area contributed by atoms with Crippen molar-refractivity contribution in [3.05, 3.63) is 23.6 Å². The number of rotatable bonds is 5. The third-order valence-electron chi connectivity index (χ3n) is 3.87. The molecule has 0 spiro atoms. The van der Waals surface area contributed by atoms with Crippen LogP contribution in [0, 0.1) is 0 Å². The molecule has 0 atom stereocenters. The van der Waals surface area contributed by atoms with Crippen LogP contribution in [0.1, 0.15) is 20.3 Å². The number of aromatic nitrogens is 1. The Hall–Kier alpha value is -1.71. The second kappa shape index (κ2) is 5.73. The summed E-state index contributed by atoms with van der Waals surface area (Å²) in [5, 5.41) is 8.29. The normalized spacial score (nSPS) is 16.1. The van der Waals surface area contributed by atoms with Crippen molar-refractivity contribution in [1.29, 1.82) is 0 Å². The molecule has 0 bridgehead atoms. The van der Waals surface area contributed by atoms with Crippen molar-refractivity contribution in [3.8, 4) is 10.6 Å². The summed E-state index contributed by atoms with van der Waals surface area (Å²) >= 11 is 1.49. The highest BCUT2D eigenvalue weighted by atomic mass is 32.2. The molecule has 0 aromatic carbocycles. The van der Waals surface area contributed by atoms with Gasteiger partial charge in [-0.2, -0.15) is 0 Å². The van der Waals surface area contributed by atoms with Gasteiger partial charge >= 0.3 is 0 Å². The van der Waals surface area contributed by atoms with Crippen LogP contribution in [-0.2, 0) is 14.8 Å². The second-order valence-electron chi connectivity index (χ2n) is 5.78. The maximum absolute atomic E-state index is 12.5. The number of nitrogens with zero attached hydrogens (tertiary/aromatic N) is 2. The number of carbonyl (C=O) groups excluding carboxylic acids is 1. The lowest BCUT2D eigenvalue weighted by atomic mass is 10.2. The highest BCUT2D eigenvalue weighted by Gasteiger charge is 2.47. The standard InChI is InChI=1S/C14H17N3O4S2/c1-14(2,23(19,20)17-6-4-7-17)13(18)15-12-9-10(16-21-12)11-5-3-8-22-11/h3,5,8-9H,4,6-7H2,1-2H3,(H,15,18). The molecular weight excluding hydrogens is 338 g/mol. The first-order valence-corrected chi connectivity index (χ1v) is 9.46. The molecule has 0 radical (unpaired) electrons. The summed E-state index contributed by atoms with van der Waals surface area (Å²) in [7, 11) is -3.70. The van der Waals surface area contributed by atoms with Gasteiger partial charge < -0.3 is 4.52 Å². The van der Waals surface area contributed by atoms with Crippen molar-refractivity contribution >= 4 is 33.2 Å². The summed E-state index contributed by atoms with van der Waals surface area (Å²) < 4.78 is 29.8. The third-order valence-corrected chi connectivity index (χ3v) is 7.28. The quantitative estimate of drug-likeness (QED) is 0.887. The molecule has 124 valence electrons. The first-order chi connectivity index (χ1) is 10.8. The van der Waals surface area contributed by atoms with E-state index in [4.69, 9.17) is 4.52 Å². The van der Waals surface area contributed by atoms with Gasteiger partial charge in [0.15, 0.2) is 4.75 Å². The molecule has 7 nitrogen and oxygen atoms in total. The molecule has 9 heteroatoms. The molecule has 2 aromatic heterocycles. The lowest BCUT2D eigenvalue weighted by Gasteiger charge is -2.36. The molecule has 1 aliphatic rings. The highest BCUT2D eigenvalue weighted by molar-refractivity contribution is 7.91. The predicted molar refractivity (Wildman–Crippen MR) is 87.6 cm³/mol. The summed E-state index contributed by atoms with van der Waals surface area (Å²) in [4.78, 5) is 13.3. The zero-order valence-electron chi connectivity index (χ0n) is 12.8. The molecule has 23 heavy (non-hydrogen) atoms. The lowest BCUT2D eigenvalue weighted by Crippen LogP contribution is -2.55.